The molecule has 4 heteroatoms. The quantitative estimate of drug-likeness (QED) is 0.846. The Labute approximate surface area is 126 Å². The lowest BCUT2D eigenvalue weighted by Crippen LogP contribution is -2.36. The SMILES string of the molecule is COCc1ccc(CN2CCC[C@@H](n3cccn3)C2)cc1. The zero-order valence-corrected chi connectivity index (χ0v) is 12.6. The summed E-state index contributed by atoms with van der Waals surface area (Å²) < 4.78 is 7.26. The van der Waals surface area contributed by atoms with E-state index in [0.29, 0.717) is 12.6 Å². The van der Waals surface area contributed by atoms with Crippen LogP contribution in [0.2, 0.25) is 0 Å². The van der Waals surface area contributed by atoms with Gasteiger partial charge < -0.3 is 4.74 Å². The Hall–Kier alpha value is -1.65. The van der Waals surface area contributed by atoms with Gasteiger partial charge in [-0.25, -0.2) is 0 Å². The maximum atomic E-state index is 5.15. The summed E-state index contributed by atoms with van der Waals surface area (Å²) in [6.45, 7) is 3.97. The summed E-state index contributed by atoms with van der Waals surface area (Å²) in [7, 11) is 1.73. The molecule has 0 aliphatic carbocycles. The standard InChI is InChI=1S/C17H23N3O/c1-21-14-16-7-5-15(6-8-16)12-19-10-2-4-17(13-19)20-11-3-9-18-20/h3,5-9,11,17H,2,4,10,12-14H2,1H3/t17-/m1/s1. The minimum absolute atomic E-state index is 0.515. The second-order valence-electron chi connectivity index (χ2n) is 5.77. The average Bonchev–Trinajstić information content (AvgIpc) is 3.04. The van der Waals surface area contributed by atoms with Crippen LogP contribution in [0.3, 0.4) is 0 Å². The van der Waals surface area contributed by atoms with Crippen LogP contribution in [0.5, 0.6) is 0 Å². The summed E-state index contributed by atoms with van der Waals surface area (Å²) in [4.78, 5) is 2.53. The number of likely N-dealkylation sites (tertiary alicyclic amines) is 1. The van der Waals surface area contributed by atoms with Crippen molar-refractivity contribution in [1.29, 1.82) is 0 Å². The summed E-state index contributed by atoms with van der Waals surface area (Å²) in [6, 6.07) is 11.3. The van der Waals surface area contributed by atoms with Gasteiger partial charge in [0.2, 0.25) is 0 Å². The highest BCUT2D eigenvalue weighted by Gasteiger charge is 2.21. The van der Waals surface area contributed by atoms with Crippen molar-refractivity contribution in [2.45, 2.75) is 32.0 Å². The number of piperidine rings is 1. The highest BCUT2D eigenvalue weighted by atomic mass is 16.5. The summed E-state index contributed by atoms with van der Waals surface area (Å²) in [5.41, 5.74) is 2.60. The van der Waals surface area contributed by atoms with E-state index in [1.54, 1.807) is 7.11 Å². The zero-order chi connectivity index (χ0) is 14.5. The van der Waals surface area contributed by atoms with Gasteiger partial charge in [0, 0.05) is 32.6 Å². The third-order valence-electron chi connectivity index (χ3n) is 4.12. The smallest absolute Gasteiger partial charge is 0.0713 e. The van der Waals surface area contributed by atoms with E-state index in [9.17, 15) is 0 Å². The number of hydrogen-bond acceptors (Lipinski definition) is 3. The number of nitrogens with zero attached hydrogens (tertiary/aromatic N) is 3. The molecule has 112 valence electrons. The molecular weight excluding hydrogens is 262 g/mol. The molecule has 0 radical (unpaired) electrons. The fourth-order valence-corrected chi connectivity index (χ4v) is 3.05. The Kier molecular flexibility index (Phi) is 4.68. The maximum absolute atomic E-state index is 5.15. The van der Waals surface area contributed by atoms with E-state index in [-0.39, 0.29) is 0 Å². The van der Waals surface area contributed by atoms with Crippen molar-refractivity contribution in [1.82, 2.24) is 14.7 Å². The molecule has 1 aliphatic rings. The average molecular weight is 285 g/mol. The second-order valence-corrected chi connectivity index (χ2v) is 5.77. The maximum Gasteiger partial charge on any atom is 0.0713 e. The molecule has 1 saturated heterocycles. The highest BCUT2D eigenvalue weighted by Crippen LogP contribution is 2.22. The molecule has 2 heterocycles. The van der Waals surface area contributed by atoms with Crippen molar-refractivity contribution in [3.05, 3.63) is 53.9 Å². The molecule has 4 nitrogen and oxygen atoms in total. The minimum Gasteiger partial charge on any atom is -0.380 e. The van der Waals surface area contributed by atoms with Crippen LogP contribution < -0.4 is 0 Å². The fourth-order valence-electron chi connectivity index (χ4n) is 3.05. The molecule has 1 aromatic heterocycles. The van der Waals surface area contributed by atoms with Crippen LogP contribution >= 0.6 is 0 Å². The van der Waals surface area contributed by atoms with Gasteiger partial charge in [-0.2, -0.15) is 5.10 Å². The molecular formula is C17H23N3O. The third kappa shape index (κ3) is 3.71. The lowest BCUT2D eigenvalue weighted by atomic mass is 10.0. The van der Waals surface area contributed by atoms with Crippen LogP contribution in [0.4, 0.5) is 0 Å². The summed E-state index contributed by atoms with van der Waals surface area (Å²) in [5, 5.41) is 4.39. The molecule has 0 unspecified atom stereocenters. The zero-order valence-electron chi connectivity index (χ0n) is 12.6. The number of ether oxygens (including phenoxy) is 1. The van der Waals surface area contributed by atoms with Crippen molar-refractivity contribution in [2.75, 3.05) is 20.2 Å². The van der Waals surface area contributed by atoms with Gasteiger partial charge in [0.25, 0.3) is 0 Å². The molecule has 1 fully saturated rings. The number of benzene rings is 1. The van der Waals surface area contributed by atoms with Crippen LogP contribution in [0.1, 0.15) is 30.0 Å². The summed E-state index contributed by atoms with van der Waals surface area (Å²) in [5.74, 6) is 0. The molecule has 2 aromatic rings. The van der Waals surface area contributed by atoms with Crippen molar-refractivity contribution in [2.24, 2.45) is 0 Å². The van der Waals surface area contributed by atoms with Crippen LogP contribution in [0.25, 0.3) is 0 Å². The Morgan fingerprint density at radius 1 is 1.24 bits per heavy atom. The topological polar surface area (TPSA) is 30.3 Å². The first-order valence-electron chi connectivity index (χ1n) is 7.63. The van der Waals surface area contributed by atoms with Crippen molar-refractivity contribution >= 4 is 0 Å². The van der Waals surface area contributed by atoms with Crippen LogP contribution in [-0.2, 0) is 17.9 Å². The largest absolute Gasteiger partial charge is 0.380 e. The summed E-state index contributed by atoms with van der Waals surface area (Å²) in [6.07, 6.45) is 6.42. The number of rotatable bonds is 5. The second kappa shape index (κ2) is 6.87. The van der Waals surface area contributed by atoms with Gasteiger partial charge in [0.1, 0.15) is 0 Å². The van der Waals surface area contributed by atoms with Crippen molar-refractivity contribution in [3.63, 3.8) is 0 Å². The van der Waals surface area contributed by atoms with Gasteiger partial charge in [0.15, 0.2) is 0 Å². The van der Waals surface area contributed by atoms with Gasteiger partial charge >= 0.3 is 0 Å². The van der Waals surface area contributed by atoms with Gasteiger partial charge in [-0.3, -0.25) is 9.58 Å². The molecule has 1 aromatic carbocycles. The van der Waals surface area contributed by atoms with Crippen LogP contribution in [0, 0.1) is 0 Å². The molecule has 0 spiro atoms. The fraction of sp³-hybridized carbons (Fsp3) is 0.471. The van der Waals surface area contributed by atoms with Crippen LogP contribution in [-0.4, -0.2) is 34.9 Å². The first kappa shape index (κ1) is 14.3. The third-order valence-corrected chi connectivity index (χ3v) is 4.12. The molecule has 21 heavy (non-hydrogen) atoms. The minimum atomic E-state index is 0.515. The van der Waals surface area contributed by atoms with E-state index in [1.807, 2.05) is 12.3 Å². The van der Waals surface area contributed by atoms with E-state index in [0.717, 1.165) is 13.1 Å². The van der Waals surface area contributed by atoms with E-state index in [4.69, 9.17) is 4.74 Å². The Morgan fingerprint density at radius 2 is 2.05 bits per heavy atom. The Bertz CT molecular complexity index is 536. The predicted molar refractivity (Wildman–Crippen MR) is 82.9 cm³/mol. The van der Waals surface area contributed by atoms with Gasteiger partial charge in [-0.05, 0) is 36.6 Å². The molecule has 1 atom stereocenters. The molecule has 0 amide bonds. The number of methoxy groups -OCH3 is 1. The lowest BCUT2D eigenvalue weighted by Gasteiger charge is -2.32. The van der Waals surface area contributed by atoms with Gasteiger partial charge in [-0.1, -0.05) is 24.3 Å². The number of hydrogen-bond donors (Lipinski definition) is 0. The van der Waals surface area contributed by atoms with Gasteiger partial charge in [-0.15, -0.1) is 0 Å². The number of aromatic nitrogens is 2. The van der Waals surface area contributed by atoms with Crippen molar-refractivity contribution in [3.8, 4) is 0 Å². The normalized spacial score (nSPS) is 19.8. The van der Waals surface area contributed by atoms with E-state index in [1.165, 1.54) is 30.5 Å². The lowest BCUT2D eigenvalue weighted by molar-refractivity contribution is 0.163. The first-order chi connectivity index (χ1) is 10.3. The highest BCUT2D eigenvalue weighted by molar-refractivity contribution is 5.22. The molecule has 0 N–H and O–H groups in total. The molecule has 1 aliphatic heterocycles. The van der Waals surface area contributed by atoms with E-state index in [2.05, 4.69) is 45.1 Å². The molecule has 3 rings (SSSR count). The molecule has 0 saturated carbocycles. The van der Waals surface area contributed by atoms with Gasteiger partial charge in [0.05, 0.1) is 12.6 Å². The van der Waals surface area contributed by atoms with Crippen molar-refractivity contribution < 1.29 is 4.74 Å². The summed E-state index contributed by atoms with van der Waals surface area (Å²) >= 11 is 0. The Morgan fingerprint density at radius 3 is 2.76 bits per heavy atom. The van der Waals surface area contributed by atoms with Crippen LogP contribution in [0.15, 0.2) is 42.7 Å². The Balaban J connectivity index is 1.59. The predicted octanol–water partition coefficient (Wildman–Crippen LogP) is 2.87. The van der Waals surface area contributed by atoms with E-state index >= 15 is 0 Å². The first-order valence-corrected chi connectivity index (χ1v) is 7.63. The van der Waals surface area contributed by atoms with E-state index < -0.39 is 0 Å². The molecule has 0 bridgehead atoms. The monoisotopic (exact) mass is 285 g/mol.